The van der Waals surface area contributed by atoms with Crippen LogP contribution in [0.4, 0.5) is 10.5 Å². The van der Waals surface area contributed by atoms with Crippen LogP contribution in [0.25, 0.3) is 0 Å². The molecule has 168 valence electrons. The van der Waals surface area contributed by atoms with E-state index in [2.05, 4.69) is 33.0 Å². The first-order valence-electron chi connectivity index (χ1n) is 10.4. The number of nitrogens with zero attached hydrogens (tertiary/aromatic N) is 1. The second-order valence-electron chi connectivity index (χ2n) is 10.0. The molecule has 0 aromatic heterocycles. The molecule has 2 rings (SSSR count). The zero-order valence-corrected chi connectivity index (χ0v) is 19.5. The number of carbonyl (C=O) groups excluding carboxylic acids is 2. The van der Waals surface area contributed by atoms with Crippen molar-refractivity contribution in [2.75, 3.05) is 12.4 Å². The largest absolute Gasteiger partial charge is 0.467 e. The number of anilines is 1. The maximum absolute atomic E-state index is 12.6. The van der Waals surface area contributed by atoms with Gasteiger partial charge in [-0.25, -0.2) is 9.59 Å². The third kappa shape index (κ3) is 6.19. The first kappa shape index (κ1) is 24.2. The molecule has 0 bridgehead atoms. The highest BCUT2D eigenvalue weighted by Gasteiger charge is 2.45. The van der Waals surface area contributed by atoms with E-state index in [9.17, 15) is 9.59 Å². The molecule has 1 aromatic carbocycles. The van der Waals surface area contributed by atoms with Crippen molar-refractivity contribution in [3.8, 4) is 0 Å². The van der Waals surface area contributed by atoms with Crippen LogP contribution in [0.3, 0.4) is 0 Å². The van der Waals surface area contributed by atoms with Crippen LogP contribution < -0.4 is 5.32 Å². The fourth-order valence-corrected chi connectivity index (χ4v) is 3.88. The van der Waals surface area contributed by atoms with Gasteiger partial charge in [-0.2, -0.15) is 5.06 Å². The minimum absolute atomic E-state index is 0.216. The summed E-state index contributed by atoms with van der Waals surface area (Å²) in [6.45, 7) is 13.9. The second kappa shape index (κ2) is 8.94. The number of ether oxygens (including phenoxy) is 2. The zero-order chi connectivity index (χ0) is 22.7. The maximum Gasteiger partial charge on any atom is 0.412 e. The Morgan fingerprint density at radius 1 is 1.03 bits per heavy atom. The molecule has 0 spiro atoms. The van der Waals surface area contributed by atoms with Gasteiger partial charge in [-0.15, -0.1) is 0 Å². The fraction of sp³-hybridized carbons (Fsp3) is 0.652. The van der Waals surface area contributed by atoms with Crippen molar-refractivity contribution < 1.29 is 23.9 Å². The summed E-state index contributed by atoms with van der Waals surface area (Å²) in [5.41, 5.74) is 0.199. The molecule has 1 aromatic rings. The SMILES string of the molecule is COC(=O)C(ON1C(C)(C)CCCC1(C)C)c1ccc(NC(=O)OC(C)(C)C)cc1. The Morgan fingerprint density at radius 3 is 2.03 bits per heavy atom. The van der Waals surface area contributed by atoms with E-state index in [1.807, 2.05) is 5.06 Å². The van der Waals surface area contributed by atoms with E-state index in [1.54, 1.807) is 45.0 Å². The van der Waals surface area contributed by atoms with Crippen molar-refractivity contribution >= 4 is 17.7 Å². The van der Waals surface area contributed by atoms with Gasteiger partial charge in [0.2, 0.25) is 6.10 Å². The van der Waals surface area contributed by atoms with Crippen LogP contribution in [0.1, 0.15) is 79.4 Å². The Bertz CT molecular complexity index is 734. The number of esters is 1. The van der Waals surface area contributed by atoms with Gasteiger partial charge in [0.05, 0.1) is 7.11 Å². The van der Waals surface area contributed by atoms with E-state index in [0.29, 0.717) is 11.3 Å². The number of methoxy groups -OCH3 is 1. The molecule has 1 amide bonds. The van der Waals surface area contributed by atoms with Crippen molar-refractivity contribution in [1.82, 2.24) is 5.06 Å². The Balaban J connectivity index is 2.21. The number of hydroxylamine groups is 2. The molecule has 30 heavy (non-hydrogen) atoms. The van der Waals surface area contributed by atoms with E-state index in [-0.39, 0.29) is 11.1 Å². The number of hydrogen-bond acceptors (Lipinski definition) is 6. The number of piperidine rings is 1. The normalized spacial score (nSPS) is 19.6. The maximum atomic E-state index is 12.6. The standard InChI is InChI=1S/C23H36N2O5/c1-21(2,3)29-20(27)24-17-12-10-16(11-13-17)18(19(26)28-8)30-25-22(4,5)14-9-15-23(25,6)7/h10-13,18H,9,14-15H2,1-8H3,(H,24,27). The van der Waals surface area contributed by atoms with Crippen LogP contribution >= 0.6 is 0 Å². The summed E-state index contributed by atoms with van der Waals surface area (Å²) >= 11 is 0. The summed E-state index contributed by atoms with van der Waals surface area (Å²) < 4.78 is 10.3. The van der Waals surface area contributed by atoms with Crippen molar-refractivity contribution in [1.29, 1.82) is 0 Å². The summed E-state index contributed by atoms with van der Waals surface area (Å²) in [5.74, 6) is -0.472. The third-order valence-corrected chi connectivity index (χ3v) is 5.16. The third-order valence-electron chi connectivity index (χ3n) is 5.16. The molecule has 0 aliphatic carbocycles. The van der Waals surface area contributed by atoms with Gasteiger partial charge in [0.1, 0.15) is 5.60 Å². The average Bonchev–Trinajstić information content (AvgIpc) is 2.59. The van der Waals surface area contributed by atoms with Crippen LogP contribution in [-0.4, -0.2) is 40.9 Å². The van der Waals surface area contributed by atoms with Crippen LogP contribution in [0, 0.1) is 0 Å². The van der Waals surface area contributed by atoms with Gasteiger partial charge in [-0.1, -0.05) is 12.1 Å². The summed E-state index contributed by atoms with van der Waals surface area (Å²) in [6, 6.07) is 6.92. The topological polar surface area (TPSA) is 77.1 Å². The summed E-state index contributed by atoms with van der Waals surface area (Å²) in [4.78, 5) is 30.8. The number of rotatable bonds is 5. The number of amides is 1. The van der Waals surface area contributed by atoms with Gasteiger partial charge in [0.25, 0.3) is 0 Å². The molecule has 1 atom stereocenters. The number of nitrogens with one attached hydrogen (secondary N) is 1. The van der Waals surface area contributed by atoms with Gasteiger partial charge in [-0.3, -0.25) is 10.2 Å². The van der Waals surface area contributed by atoms with Crippen molar-refractivity contribution in [2.45, 2.75) is 90.5 Å². The van der Waals surface area contributed by atoms with E-state index >= 15 is 0 Å². The molecule has 0 saturated carbocycles. The molecule has 1 saturated heterocycles. The first-order valence-corrected chi connectivity index (χ1v) is 10.4. The van der Waals surface area contributed by atoms with Gasteiger partial charge >= 0.3 is 12.1 Å². The molecule has 7 heteroatoms. The molecular weight excluding hydrogens is 384 g/mol. The number of benzene rings is 1. The minimum atomic E-state index is -0.901. The molecule has 1 N–H and O–H groups in total. The van der Waals surface area contributed by atoms with Crippen LogP contribution in [-0.2, 0) is 19.1 Å². The van der Waals surface area contributed by atoms with Gasteiger partial charge in [-0.05, 0) is 85.4 Å². The Labute approximate surface area is 180 Å². The summed E-state index contributed by atoms with van der Waals surface area (Å²) in [7, 11) is 1.35. The number of carbonyl (C=O) groups is 2. The van der Waals surface area contributed by atoms with Crippen LogP contribution in [0.5, 0.6) is 0 Å². The van der Waals surface area contributed by atoms with E-state index in [1.165, 1.54) is 7.11 Å². The average molecular weight is 421 g/mol. The van der Waals surface area contributed by atoms with Gasteiger partial charge in [0, 0.05) is 16.8 Å². The summed E-state index contributed by atoms with van der Waals surface area (Å²) in [5, 5.41) is 4.63. The Hall–Kier alpha value is -2.12. The fourth-order valence-electron chi connectivity index (χ4n) is 3.88. The molecule has 1 fully saturated rings. The second-order valence-corrected chi connectivity index (χ2v) is 10.0. The van der Waals surface area contributed by atoms with Gasteiger partial charge < -0.3 is 9.47 Å². The van der Waals surface area contributed by atoms with Crippen molar-refractivity contribution in [3.63, 3.8) is 0 Å². The lowest BCUT2D eigenvalue weighted by molar-refractivity contribution is -0.304. The molecule has 7 nitrogen and oxygen atoms in total. The minimum Gasteiger partial charge on any atom is -0.467 e. The molecule has 1 unspecified atom stereocenters. The molecule has 1 heterocycles. The predicted octanol–water partition coefficient (Wildman–Crippen LogP) is 5.22. The molecule has 1 aliphatic heterocycles. The van der Waals surface area contributed by atoms with Gasteiger partial charge in [0.15, 0.2) is 0 Å². The van der Waals surface area contributed by atoms with Crippen molar-refractivity contribution in [2.24, 2.45) is 0 Å². The Morgan fingerprint density at radius 2 is 1.57 bits per heavy atom. The number of hydrogen-bond donors (Lipinski definition) is 1. The lowest BCUT2D eigenvalue weighted by Gasteiger charge is -2.52. The predicted molar refractivity (Wildman–Crippen MR) is 116 cm³/mol. The Kier molecular flexibility index (Phi) is 7.20. The van der Waals surface area contributed by atoms with Crippen LogP contribution in [0.15, 0.2) is 24.3 Å². The molecule has 0 radical (unpaired) electrons. The first-order chi connectivity index (χ1) is 13.7. The highest BCUT2D eigenvalue weighted by molar-refractivity contribution is 5.85. The smallest absolute Gasteiger partial charge is 0.412 e. The van der Waals surface area contributed by atoms with E-state index in [4.69, 9.17) is 14.3 Å². The summed E-state index contributed by atoms with van der Waals surface area (Å²) in [6.07, 6.45) is 1.62. The zero-order valence-electron chi connectivity index (χ0n) is 19.5. The molecular formula is C23H36N2O5. The molecule has 1 aliphatic rings. The highest BCUT2D eigenvalue weighted by Crippen LogP contribution is 2.40. The van der Waals surface area contributed by atoms with Crippen molar-refractivity contribution in [3.05, 3.63) is 29.8 Å². The van der Waals surface area contributed by atoms with Crippen LogP contribution in [0.2, 0.25) is 0 Å². The quantitative estimate of drug-likeness (QED) is 0.658. The van der Waals surface area contributed by atoms with E-state index in [0.717, 1.165) is 19.3 Å². The monoisotopic (exact) mass is 420 g/mol. The van der Waals surface area contributed by atoms with E-state index < -0.39 is 23.8 Å². The highest BCUT2D eigenvalue weighted by atomic mass is 16.7. The lowest BCUT2D eigenvalue weighted by Crippen LogP contribution is -2.58. The lowest BCUT2D eigenvalue weighted by atomic mass is 9.82.